The molecule has 0 heterocycles. The molecule has 0 aliphatic rings. The Kier molecular flexibility index (Phi) is 4.57. The van der Waals surface area contributed by atoms with E-state index in [2.05, 4.69) is 41.5 Å². The third kappa shape index (κ3) is 5.01. The summed E-state index contributed by atoms with van der Waals surface area (Å²) in [7, 11) is 0. The summed E-state index contributed by atoms with van der Waals surface area (Å²) in [5.74, 6) is -0.336. The van der Waals surface area contributed by atoms with Crippen molar-refractivity contribution < 1.29 is 9.90 Å². The van der Waals surface area contributed by atoms with E-state index in [1.165, 1.54) is 6.08 Å². The van der Waals surface area contributed by atoms with Crippen molar-refractivity contribution in [3.63, 3.8) is 0 Å². The molecular weight excluding hydrogens is 188 g/mol. The number of allylic oxidation sites excluding steroid dienone is 1. The van der Waals surface area contributed by atoms with E-state index in [1.54, 1.807) is 6.08 Å². The molecule has 2 heteroatoms. The van der Waals surface area contributed by atoms with E-state index in [4.69, 9.17) is 5.11 Å². The van der Waals surface area contributed by atoms with Crippen molar-refractivity contribution in [1.82, 2.24) is 0 Å². The third-order valence-corrected chi connectivity index (χ3v) is 3.38. The highest BCUT2D eigenvalue weighted by Crippen LogP contribution is 2.42. The standard InChI is InChI=1S/C13H24O2/c1-10(12(2,3)4)13(5,6)9-7-8-11(14)15/h7-8,10H,9H2,1-6H3,(H,14,15). The van der Waals surface area contributed by atoms with E-state index in [0.29, 0.717) is 5.92 Å². The fraction of sp³-hybridized carbons (Fsp3) is 0.769. The molecule has 1 N–H and O–H groups in total. The van der Waals surface area contributed by atoms with Gasteiger partial charge in [0, 0.05) is 6.08 Å². The molecule has 0 saturated carbocycles. The summed E-state index contributed by atoms with van der Waals surface area (Å²) in [4.78, 5) is 10.4. The van der Waals surface area contributed by atoms with Crippen molar-refractivity contribution in [2.45, 2.75) is 48.0 Å². The van der Waals surface area contributed by atoms with Crippen LogP contribution < -0.4 is 0 Å². The molecule has 0 saturated heterocycles. The first kappa shape index (κ1) is 14.2. The summed E-state index contributed by atoms with van der Waals surface area (Å²) in [5.41, 5.74) is 0.380. The molecule has 0 radical (unpaired) electrons. The molecule has 0 rings (SSSR count). The van der Waals surface area contributed by atoms with Crippen LogP contribution in [0.5, 0.6) is 0 Å². The molecule has 0 amide bonds. The first-order chi connectivity index (χ1) is 6.57. The van der Waals surface area contributed by atoms with Gasteiger partial charge >= 0.3 is 5.97 Å². The van der Waals surface area contributed by atoms with Gasteiger partial charge in [-0.05, 0) is 23.2 Å². The molecule has 1 atom stereocenters. The second-order valence-electron chi connectivity index (χ2n) is 6.02. The molecule has 0 fully saturated rings. The highest BCUT2D eigenvalue weighted by molar-refractivity contribution is 5.79. The largest absolute Gasteiger partial charge is 0.478 e. The Balaban J connectivity index is 4.48. The zero-order valence-corrected chi connectivity index (χ0v) is 10.8. The molecule has 0 aromatic rings. The average molecular weight is 212 g/mol. The van der Waals surface area contributed by atoms with E-state index >= 15 is 0 Å². The summed E-state index contributed by atoms with van der Waals surface area (Å²) in [6.45, 7) is 13.3. The van der Waals surface area contributed by atoms with E-state index in [-0.39, 0.29) is 10.8 Å². The second-order valence-corrected chi connectivity index (χ2v) is 6.02. The Morgan fingerprint density at radius 1 is 1.27 bits per heavy atom. The average Bonchev–Trinajstić information content (AvgIpc) is 2.00. The zero-order chi connectivity index (χ0) is 12.3. The van der Waals surface area contributed by atoms with Crippen molar-refractivity contribution in [2.75, 3.05) is 0 Å². The lowest BCUT2D eigenvalue weighted by atomic mass is 9.65. The lowest BCUT2D eigenvalue weighted by molar-refractivity contribution is -0.131. The molecule has 0 bridgehead atoms. The summed E-state index contributed by atoms with van der Waals surface area (Å²) < 4.78 is 0. The fourth-order valence-electron chi connectivity index (χ4n) is 1.81. The van der Waals surface area contributed by atoms with Gasteiger partial charge in [0.05, 0.1) is 0 Å². The first-order valence-corrected chi connectivity index (χ1v) is 5.47. The molecule has 88 valence electrons. The predicted molar refractivity (Wildman–Crippen MR) is 63.8 cm³/mol. The van der Waals surface area contributed by atoms with Crippen molar-refractivity contribution in [3.05, 3.63) is 12.2 Å². The monoisotopic (exact) mass is 212 g/mol. The number of hydrogen-bond acceptors (Lipinski definition) is 1. The van der Waals surface area contributed by atoms with Crippen molar-refractivity contribution in [1.29, 1.82) is 0 Å². The number of carbonyl (C=O) groups is 1. The maximum atomic E-state index is 10.4. The van der Waals surface area contributed by atoms with Crippen LogP contribution in [-0.2, 0) is 4.79 Å². The highest BCUT2D eigenvalue weighted by atomic mass is 16.4. The van der Waals surface area contributed by atoms with Crippen molar-refractivity contribution in [3.8, 4) is 0 Å². The molecule has 15 heavy (non-hydrogen) atoms. The van der Waals surface area contributed by atoms with E-state index in [1.807, 2.05) is 0 Å². The van der Waals surface area contributed by atoms with Crippen LogP contribution in [0.3, 0.4) is 0 Å². The normalized spacial score (nSPS) is 15.6. The molecule has 2 nitrogen and oxygen atoms in total. The molecule has 0 aromatic heterocycles. The van der Waals surface area contributed by atoms with Crippen LogP contribution in [0.1, 0.15) is 48.0 Å². The van der Waals surface area contributed by atoms with Gasteiger partial charge in [0.1, 0.15) is 0 Å². The summed E-state index contributed by atoms with van der Waals surface area (Å²) >= 11 is 0. The van der Waals surface area contributed by atoms with Crippen LogP contribution in [0.4, 0.5) is 0 Å². The van der Waals surface area contributed by atoms with Crippen LogP contribution in [0.15, 0.2) is 12.2 Å². The van der Waals surface area contributed by atoms with Gasteiger partial charge in [-0.3, -0.25) is 0 Å². The number of aliphatic carboxylic acids is 1. The molecule has 0 aliphatic heterocycles. The van der Waals surface area contributed by atoms with Gasteiger partial charge in [-0.2, -0.15) is 0 Å². The van der Waals surface area contributed by atoms with Crippen molar-refractivity contribution >= 4 is 5.97 Å². The quantitative estimate of drug-likeness (QED) is 0.721. The van der Waals surface area contributed by atoms with Gasteiger partial charge in [-0.25, -0.2) is 4.79 Å². The summed E-state index contributed by atoms with van der Waals surface area (Å²) in [6.07, 6.45) is 3.79. The number of carboxylic acid groups (broad SMARTS) is 1. The molecule has 0 aromatic carbocycles. The summed E-state index contributed by atoms with van der Waals surface area (Å²) in [6, 6.07) is 0. The first-order valence-electron chi connectivity index (χ1n) is 5.47. The number of carboxylic acids is 1. The van der Waals surface area contributed by atoms with Crippen LogP contribution in [-0.4, -0.2) is 11.1 Å². The van der Waals surface area contributed by atoms with Crippen LogP contribution in [0, 0.1) is 16.7 Å². The lowest BCUT2D eigenvalue weighted by Gasteiger charge is -2.40. The van der Waals surface area contributed by atoms with Crippen LogP contribution >= 0.6 is 0 Å². The highest BCUT2D eigenvalue weighted by Gasteiger charge is 2.33. The Morgan fingerprint density at radius 2 is 1.73 bits per heavy atom. The lowest BCUT2D eigenvalue weighted by Crippen LogP contribution is -2.31. The summed E-state index contributed by atoms with van der Waals surface area (Å²) in [5, 5.41) is 8.52. The third-order valence-electron chi connectivity index (χ3n) is 3.38. The molecule has 1 unspecified atom stereocenters. The minimum Gasteiger partial charge on any atom is -0.478 e. The fourth-order valence-corrected chi connectivity index (χ4v) is 1.81. The van der Waals surface area contributed by atoms with Gasteiger partial charge < -0.3 is 5.11 Å². The Labute approximate surface area is 93.4 Å². The van der Waals surface area contributed by atoms with E-state index < -0.39 is 5.97 Å². The number of hydrogen-bond donors (Lipinski definition) is 1. The molecule has 0 aliphatic carbocycles. The minimum atomic E-state index is -0.866. The van der Waals surface area contributed by atoms with E-state index in [9.17, 15) is 4.79 Å². The predicted octanol–water partition coefficient (Wildman–Crippen LogP) is 3.73. The van der Waals surface area contributed by atoms with Gasteiger partial charge in [0.25, 0.3) is 0 Å². The Bertz CT molecular complexity index is 244. The van der Waals surface area contributed by atoms with Gasteiger partial charge in [0.2, 0.25) is 0 Å². The van der Waals surface area contributed by atoms with Crippen molar-refractivity contribution in [2.24, 2.45) is 16.7 Å². The van der Waals surface area contributed by atoms with Gasteiger partial charge in [0.15, 0.2) is 0 Å². The zero-order valence-electron chi connectivity index (χ0n) is 10.8. The Morgan fingerprint density at radius 3 is 2.07 bits per heavy atom. The molecule has 0 spiro atoms. The minimum absolute atomic E-state index is 0.129. The van der Waals surface area contributed by atoms with Gasteiger partial charge in [-0.1, -0.05) is 47.6 Å². The number of rotatable bonds is 4. The van der Waals surface area contributed by atoms with E-state index in [0.717, 1.165) is 6.42 Å². The second kappa shape index (κ2) is 4.82. The SMILES string of the molecule is CC(C(C)(C)C)C(C)(C)CC=CC(=O)O. The van der Waals surface area contributed by atoms with Crippen LogP contribution in [0.25, 0.3) is 0 Å². The maximum absolute atomic E-state index is 10.4. The maximum Gasteiger partial charge on any atom is 0.327 e. The Hall–Kier alpha value is -0.790. The topological polar surface area (TPSA) is 37.3 Å². The van der Waals surface area contributed by atoms with Crippen LogP contribution in [0.2, 0.25) is 0 Å². The van der Waals surface area contributed by atoms with Gasteiger partial charge in [-0.15, -0.1) is 0 Å². The molecular formula is C13H24O2. The smallest absolute Gasteiger partial charge is 0.327 e.